The Morgan fingerprint density at radius 2 is 1.71 bits per heavy atom. The van der Waals surface area contributed by atoms with Crippen LogP contribution >= 0.6 is 27.5 Å². The van der Waals surface area contributed by atoms with Gasteiger partial charge in [0.15, 0.2) is 0 Å². The van der Waals surface area contributed by atoms with Crippen molar-refractivity contribution in [3.05, 3.63) is 122 Å². The first-order chi connectivity index (χ1) is 21.6. The molecule has 0 bridgehead atoms. The van der Waals surface area contributed by atoms with Crippen molar-refractivity contribution >= 4 is 57.1 Å². The maximum atomic E-state index is 13.1. The number of carbonyl (C=O) groups excluding carboxylic acids is 2. The predicted octanol–water partition coefficient (Wildman–Crippen LogP) is 6.85. The van der Waals surface area contributed by atoms with E-state index in [0.717, 1.165) is 62.5 Å². The summed E-state index contributed by atoms with van der Waals surface area (Å²) in [5.74, 6) is -0.106. The highest BCUT2D eigenvalue weighted by molar-refractivity contribution is 9.10. The molecule has 4 aromatic rings. The van der Waals surface area contributed by atoms with E-state index < -0.39 is 28.6 Å². The number of pyridine rings is 1. The number of hydrogen-bond donors (Lipinski definition) is 2. The number of amides is 2. The van der Waals surface area contributed by atoms with E-state index in [4.69, 9.17) is 11.6 Å². The topological polar surface area (TPSA) is 89.9 Å². The molecular formula is C32H27BrClF3N6O2. The molecule has 0 atom stereocenters. The van der Waals surface area contributed by atoms with Crippen LogP contribution in [0.15, 0.2) is 94.6 Å². The summed E-state index contributed by atoms with van der Waals surface area (Å²) in [7, 11) is 0. The Hall–Kier alpha value is -4.26. The van der Waals surface area contributed by atoms with Crippen LogP contribution in [0.25, 0.3) is 0 Å². The second-order valence-corrected chi connectivity index (χ2v) is 11.6. The Morgan fingerprint density at radius 3 is 2.40 bits per heavy atom. The fraction of sp³-hybridized carbons (Fsp3) is 0.188. The summed E-state index contributed by atoms with van der Waals surface area (Å²) in [6, 6.07) is 21.2. The van der Waals surface area contributed by atoms with Crippen LogP contribution in [0.1, 0.15) is 37.4 Å². The van der Waals surface area contributed by atoms with E-state index in [1.165, 1.54) is 12.1 Å². The molecule has 0 radical (unpaired) electrons. The Balaban J connectivity index is 1.18. The summed E-state index contributed by atoms with van der Waals surface area (Å²) in [5.41, 5.74) is 3.19. The number of nitrogens with one attached hydrogen (secondary N) is 2. The molecule has 45 heavy (non-hydrogen) atoms. The second-order valence-electron chi connectivity index (χ2n) is 10.2. The van der Waals surface area contributed by atoms with Crippen LogP contribution in [0.3, 0.4) is 0 Å². The normalized spacial score (nSPS) is 14.0. The van der Waals surface area contributed by atoms with Gasteiger partial charge in [-0.1, -0.05) is 51.8 Å². The van der Waals surface area contributed by atoms with Crippen LogP contribution in [0, 0.1) is 0 Å². The van der Waals surface area contributed by atoms with Crippen molar-refractivity contribution in [2.75, 3.05) is 36.4 Å². The third-order valence-corrected chi connectivity index (χ3v) is 7.94. The first-order valence-corrected chi connectivity index (χ1v) is 15.0. The molecule has 2 amide bonds. The molecule has 1 aliphatic heterocycles. The van der Waals surface area contributed by atoms with Crippen LogP contribution in [-0.4, -0.2) is 54.1 Å². The van der Waals surface area contributed by atoms with Gasteiger partial charge in [0.1, 0.15) is 5.82 Å². The van der Waals surface area contributed by atoms with Gasteiger partial charge >= 0.3 is 6.18 Å². The molecule has 2 heterocycles. The van der Waals surface area contributed by atoms with E-state index in [9.17, 15) is 22.8 Å². The Kier molecular flexibility index (Phi) is 10.2. The lowest BCUT2D eigenvalue weighted by atomic mass is 10.1. The Bertz CT molecular complexity index is 1700. The van der Waals surface area contributed by atoms with Crippen LogP contribution in [0.2, 0.25) is 5.02 Å². The minimum absolute atomic E-state index is 0.0879. The highest BCUT2D eigenvalue weighted by atomic mass is 79.9. The van der Waals surface area contributed by atoms with Gasteiger partial charge in [-0.3, -0.25) is 14.5 Å². The fourth-order valence-electron chi connectivity index (χ4n) is 4.77. The summed E-state index contributed by atoms with van der Waals surface area (Å²) >= 11 is 8.97. The molecule has 0 spiro atoms. The molecule has 232 valence electrons. The molecule has 5 rings (SSSR count). The number of rotatable bonds is 8. The summed E-state index contributed by atoms with van der Waals surface area (Å²) in [6.07, 6.45) is -1.77. The first kappa shape index (κ1) is 32.1. The van der Waals surface area contributed by atoms with Crippen molar-refractivity contribution < 1.29 is 22.8 Å². The lowest BCUT2D eigenvalue weighted by Crippen LogP contribution is -2.46. The van der Waals surface area contributed by atoms with Crippen molar-refractivity contribution in [3.8, 4) is 0 Å². The lowest BCUT2D eigenvalue weighted by molar-refractivity contribution is -0.137. The number of hydrogen-bond acceptors (Lipinski definition) is 6. The molecule has 1 aromatic heterocycles. The number of alkyl halides is 3. The standard InChI is InChI=1S/C32H27BrClF3N6O2/c33-24-9-11-28(25(18-24)31(45)41-39-19-22-6-10-27(34)26(17-22)32(35,36)37)40-30(44)23-7-4-21(5-8-23)20-42-13-15-43(16-14-42)29-3-1-2-12-38-29/h1-12,17-19H,13-16,20H2,(H,40,44)(H,41,45)/b39-19-. The van der Waals surface area contributed by atoms with Crippen LogP contribution in [0.5, 0.6) is 0 Å². The number of carbonyl (C=O) groups is 2. The van der Waals surface area contributed by atoms with Crippen LogP contribution in [-0.2, 0) is 12.7 Å². The van der Waals surface area contributed by atoms with Gasteiger partial charge in [-0.05, 0) is 65.7 Å². The number of halogens is 5. The van der Waals surface area contributed by atoms with E-state index in [-0.39, 0.29) is 16.8 Å². The zero-order valence-electron chi connectivity index (χ0n) is 23.7. The van der Waals surface area contributed by atoms with E-state index in [0.29, 0.717) is 10.0 Å². The summed E-state index contributed by atoms with van der Waals surface area (Å²) in [6.45, 7) is 4.30. The minimum atomic E-state index is -4.63. The SMILES string of the molecule is O=C(Nc1ccc(Br)cc1C(=O)N/N=C\c1ccc(Cl)c(C(F)(F)F)c1)c1ccc(CN2CCN(c3ccccn3)CC2)cc1. The number of anilines is 2. The molecule has 3 aromatic carbocycles. The molecule has 1 fully saturated rings. The molecule has 0 unspecified atom stereocenters. The van der Waals surface area contributed by atoms with Gasteiger partial charge in [0.2, 0.25) is 0 Å². The molecule has 0 aliphatic carbocycles. The van der Waals surface area contributed by atoms with Crippen LogP contribution in [0.4, 0.5) is 24.7 Å². The maximum absolute atomic E-state index is 13.1. The van der Waals surface area contributed by atoms with Gasteiger partial charge < -0.3 is 10.2 Å². The van der Waals surface area contributed by atoms with E-state index in [2.05, 4.69) is 46.6 Å². The largest absolute Gasteiger partial charge is 0.417 e. The molecule has 1 aliphatic rings. The highest BCUT2D eigenvalue weighted by Crippen LogP contribution is 2.35. The van der Waals surface area contributed by atoms with Gasteiger partial charge in [-0.15, -0.1) is 0 Å². The number of benzene rings is 3. The smallest absolute Gasteiger partial charge is 0.354 e. The third kappa shape index (κ3) is 8.47. The van der Waals surface area contributed by atoms with E-state index in [1.807, 2.05) is 30.3 Å². The van der Waals surface area contributed by atoms with E-state index >= 15 is 0 Å². The number of aromatic nitrogens is 1. The van der Waals surface area contributed by atoms with Crippen molar-refractivity contribution in [1.29, 1.82) is 0 Å². The zero-order chi connectivity index (χ0) is 32.0. The number of piperazine rings is 1. The minimum Gasteiger partial charge on any atom is -0.354 e. The summed E-state index contributed by atoms with van der Waals surface area (Å²) < 4.78 is 40.0. The summed E-state index contributed by atoms with van der Waals surface area (Å²) in [5, 5.41) is 6.10. The zero-order valence-corrected chi connectivity index (χ0v) is 26.0. The molecular weight excluding hydrogens is 673 g/mol. The average molecular weight is 700 g/mol. The number of hydrazone groups is 1. The second kappa shape index (κ2) is 14.2. The predicted molar refractivity (Wildman–Crippen MR) is 172 cm³/mol. The van der Waals surface area contributed by atoms with E-state index in [1.54, 1.807) is 30.5 Å². The monoisotopic (exact) mass is 698 g/mol. The molecule has 2 N–H and O–H groups in total. The molecule has 0 saturated carbocycles. The molecule has 13 heteroatoms. The maximum Gasteiger partial charge on any atom is 0.417 e. The van der Waals surface area contributed by atoms with Gasteiger partial charge in [0.25, 0.3) is 11.8 Å². The lowest BCUT2D eigenvalue weighted by Gasteiger charge is -2.35. The van der Waals surface area contributed by atoms with Crippen molar-refractivity contribution in [2.24, 2.45) is 5.10 Å². The van der Waals surface area contributed by atoms with Gasteiger partial charge in [-0.25, -0.2) is 10.4 Å². The first-order valence-electron chi connectivity index (χ1n) is 13.8. The summed E-state index contributed by atoms with van der Waals surface area (Å²) in [4.78, 5) is 35.1. The number of nitrogens with zero attached hydrogens (tertiary/aromatic N) is 4. The quantitative estimate of drug-likeness (QED) is 0.155. The van der Waals surface area contributed by atoms with Gasteiger partial charge in [0, 0.05) is 49.0 Å². The Labute approximate surface area is 271 Å². The molecule has 1 saturated heterocycles. The molecule has 8 nitrogen and oxygen atoms in total. The fourth-order valence-corrected chi connectivity index (χ4v) is 5.36. The van der Waals surface area contributed by atoms with Crippen molar-refractivity contribution in [1.82, 2.24) is 15.3 Å². The average Bonchev–Trinajstić information content (AvgIpc) is 3.03. The van der Waals surface area contributed by atoms with Gasteiger partial charge in [0.05, 0.1) is 28.1 Å². The van der Waals surface area contributed by atoms with Crippen LogP contribution < -0.4 is 15.6 Å². The van der Waals surface area contributed by atoms with Gasteiger partial charge in [-0.2, -0.15) is 18.3 Å². The Morgan fingerprint density at radius 1 is 0.956 bits per heavy atom. The van der Waals surface area contributed by atoms with Crippen molar-refractivity contribution in [2.45, 2.75) is 12.7 Å². The van der Waals surface area contributed by atoms with Crippen molar-refractivity contribution in [3.63, 3.8) is 0 Å². The highest BCUT2D eigenvalue weighted by Gasteiger charge is 2.33. The third-order valence-electron chi connectivity index (χ3n) is 7.12.